The van der Waals surface area contributed by atoms with Crippen molar-refractivity contribution in [1.82, 2.24) is 4.90 Å². The van der Waals surface area contributed by atoms with Crippen molar-refractivity contribution < 1.29 is 4.79 Å². The quantitative estimate of drug-likeness (QED) is 0.732. The number of alkyl halides is 1. The maximum Gasteiger partial charge on any atom is 0.264 e. The van der Waals surface area contributed by atoms with Crippen LogP contribution in [0.4, 0.5) is 0 Å². The molecule has 1 saturated heterocycles. The Bertz CT molecular complexity index is 325. The van der Waals surface area contributed by atoms with Gasteiger partial charge in [0.25, 0.3) is 5.91 Å². The summed E-state index contributed by atoms with van der Waals surface area (Å²) in [5.74, 6) is 0.701. The molecule has 2 heterocycles. The lowest BCUT2D eigenvalue weighted by Gasteiger charge is -2.34. The number of hydrogen-bond acceptors (Lipinski definition) is 2. The van der Waals surface area contributed by atoms with Crippen LogP contribution in [-0.2, 0) is 0 Å². The van der Waals surface area contributed by atoms with Gasteiger partial charge in [-0.25, -0.2) is 0 Å². The molecule has 0 bridgehead atoms. The molecule has 1 fully saturated rings. The van der Waals surface area contributed by atoms with Crippen molar-refractivity contribution in [2.75, 3.05) is 12.4 Å². The first-order valence-electron chi connectivity index (χ1n) is 5.23. The van der Waals surface area contributed by atoms with Crippen LogP contribution in [0.2, 0.25) is 0 Å². The SMILES string of the molecule is O=C(c1cccs1)N1CCCCC1CCl. The monoisotopic (exact) mass is 243 g/mol. The molecule has 2 rings (SSSR count). The first kappa shape index (κ1) is 11.0. The van der Waals surface area contributed by atoms with E-state index in [9.17, 15) is 4.79 Å². The Morgan fingerprint density at radius 2 is 2.47 bits per heavy atom. The molecule has 0 saturated carbocycles. The van der Waals surface area contributed by atoms with Crippen molar-refractivity contribution in [3.63, 3.8) is 0 Å². The Balaban J connectivity index is 2.11. The summed E-state index contributed by atoms with van der Waals surface area (Å²) >= 11 is 7.39. The number of thiophene rings is 1. The van der Waals surface area contributed by atoms with Crippen molar-refractivity contribution in [1.29, 1.82) is 0 Å². The third kappa shape index (κ3) is 2.34. The number of rotatable bonds is 2. The summed E-state index contributed by atoms with van der Waals surface area (Å²) in [6, 6.07) is 4.03. The van der Waals surface area contributed by atoms with Gasteiger partial charge in [-0.05, 0) is 30.7 Å². The van der Waals surface area contributed by atoms with Crippen LogP contribution >= 0.6 is 22.9 Å². The molecule has 4 heteroatoms. The molecule has 15 heavy (non-hydrogen) atoms. The molecule has 0 radical (unpaired) electrons. The van der Waals surface area contributed by atoms with Gasteiger partial charge in [0.1, 0.15) is 0 Å². The van der Waals surface area contributed by atoms with E-state index in [1.165, 1.54) is 17.8 Å². The van der Waals surface area contributed by atoms with Gasteiger partial charge in [-0.3, -0.25) is 4.79 Å². The molecule has 0 spiro atoms. The number of hydrogen-bond donors (Lipinski definition) is 0. The molecule has 1 aromatic rings. The molecule has 1 amide bonds. The van der Waals surface area contributed by atoms with Crippen LogP contribution in [0.1, 0.15) is 28.9 Å². The molecule has 1 aliphatic heterocycles. The zero-order valence-corrected chi connectivity index (χ0v) is 10.1. The third-order valence-electron chi connectivity index (χ3n) is 2.80. The van der Waals surface area contributed by atoms with Crippen molar-refractivity contribution >= 4 is 28.8 Å². The van der Waals surface area contributed by atoms with E-state index in [-0.39, 0.29) is 11.9 Å². The predicted octanol–water partition coefficient (Wildman–Crippen LogP) is 2.98. The maximum absolute atomic E-state index is 12.1. The van der Waals surface area contributed by atoms with Gasteiger partial charge < -0.3 is 4.90 Å². The standard InChI is InChI=1S/C11H14ClNOS/c12-8-9-4-1-2-6-13(9)11(14)10-5-3-7-15-10/h3,5,7,9H,1-2,4,6,8H2. The molecule has 1 aromatic heterocycles. The second-order valence-corrected chi connectivity index (χ2v) is 5.04. The summed E-state index contributed by atoms with van der Waals surface area (Å²) in [6.45, 7) is 0.855. The average Bonchev–Trinajstić information content (AvgIpc) is 2.81. The zero-order chi connectivity index (χ0) is 10.7. The number of piperidine rings is 1. The predicted molar refractivity (Wildman–Crippen MR) is 63.7 cm³/mol. The molecule has 1 unspecified atom stereocenters. The van der Waals surface area contributed by atoms with Crippen molar-refractivity contribution in [2.24, 2.45) is 0 Å². The van der Waals surface area contributed by atoms with Gasteiger partial charge in [0.15, 0.2) is 0 Å². The van der Waals surface area contributed by atoms with Crippen molar-refractivity contribution in [3.05, 3.63) is 22.4 Å². The summed E-state index contributed by atoms with van der Waals surface area (Å²) in [4.78, 5) is 14.9. The maximum atomic E-state index is 12.1. The molecule has 0 N–H and O–H groups in total. The number of halogens is 1. The number of carbonyl (C=O) groups is 1. The van der Waals surface area contributed by atoms with Gasteiger partial charge in [0.05, 0.1) is 4.88 Å². The average molecular weight is 244 g/mol. The first-order valence-corrected chi connectivity index (χ1v) is 6.65. The van der Waals surface area contributed by atoms with Crippen molar-refractivity contribution in [2.45, 2.75) is 25.3 Å². The highest BCUT2D eigenvalue weighted by atomic mass is 35.5. The summed E-state index contributed by atoms with van der Waals surface area (Å²) < 4.78 is 0. The molecule has 1 aliphatic rings. The minimum Gasteiger partial charge on any atom is -0.334 e. The van der Waals surface area contributed by atoms with E-state index >= 15 is 0 Å². The van der Waals surface area contributed by atoms with Crippen LogP contribution in [-0.4, -0.2) is 29.3 Å². The molecule has 0 aliphatic carbocycles. The van der Waals surface area contributed by atoms with Crippen LogP contribution in [0, 0.1) is 0 Å². The van der Waals surface area contributed by atoms with Gasteiger partial charge in [-0.2, -0.15) is 0 Å². The van der Waals surface area contributed by atoms with Gasteiger partial charge >= 0.3 is 0 Å². The van der Waals surface area contributed by atoms with Gasteiger partial charge in [0, 0.05) is 18.5 Å². The summed E-state index contributed by atoms with van der Waals surface area (Å²) in [6.07, 6.45) is 3.33. The summed E-state index contributed by atoms with van der Waals surface area (Å²) in [5.41, 5.74) is 0. The Morgan fingerprint density at radius 3 is 3.13 bits per heavy atom. The Hall–Kier alpha value is -0.540. The minimum absolute atomic E-state index is 0.148. The van der Waals surface area contributed by atoms with Gasteiger partial charge in [0.2, 0.25) is 0 Å². The van der Waals surface area contributed by atoms with Crippen molar-refractivity contribution in [3.8, 4) is 0 Å². The van der Waals surface area contributed by atoms with E-state index in [0.29, 0.717) is 5.88 Å². The Morgan fingerprint density at radius 1 is 1.60 bits per heavy atom. The Labute approximate surface area is 98.8 Å². The molecular formula is C11H14ClNOS. The fourth-order valence-corrected chi connectivity index (χ4v) is 2.97. The van der Waals surface area contributed by atoms with E-state index in [1.807, 2.05) is 22.4 Å². The van der Waals surface area contributed by atoms with E-state index < -0.39 is 0 Å². The van der Waals surface area contributed by atoms with Gasteiger partial charge in [-0.15, -0.1) is 22.9 Å². The number of carbonyl (C=O) groups excluding carboxylic acids is 1. The van der Waals surface area contributed by atoms with E-state index in [2.05, 4.69) is 0 Å². The van der Waals surface area contributed by atoms with Crippen LogP contribution < -0.4 is 0 Å². The lowest BCUT2D eigenvalue weighted by atomic mass is 10.0. The highest BCUT2D eigenvalue weighted by Gasteiger charge is 2.26. The van der Waals surface area contributed by atoms with Crippen LogP contribution in [0.3, 0.4) is 0 Å². The largest absolute Gasteiger partial charge is 0.334 e. The zero-order valence-electron chi connectivity index (χ0n) is 8.49. The van der Waals surface area contributed by atoms with E-state index in [0.717, 1.165) is 24.3 Å². The second-order valence-electron chi connectivity index (χ2n) is 3.78. The smallest absolute Gasteiger partial charge is 0.264 e. The van der Waals surface area contributed by atoms with Crippen LogP contribution in [0.15, 0.2) is 17.5 Å². The fraction of sp³-hybridized carbons (Fsp3) is 0.545. The van der Waals surface area contributed by atoms with Gasteiger partial charge in [-0.1, -0.05) is 6.07 Å². The topological polar surface area (TPSA) is 20.3 Å². The highest BCUT2D eigenvalue weighted by molar-refractivity contribution is 7.12. The number of nitrogens with zero attached hydrogens (tertiary/aromatic N) is 1. The van der Waals surface area contributed by atoms with Crippen LogP contribution in [0.5, 0.6) is 0 Å². The molecule has 1 atom stereocenters. The Kier molecular flexibility index (Phi) is 3.65. The van der Waals surface area contributed by atoms with E-state index in [4.69, 9.17) is 11.6 Å². The number of amides is 1. The lowest BCUT2D eigenvalue weighted by Crippen LogP contribution is -2.44. The molecule has 2 nitrogen and oxygen atoms in total. The fourth-order valence-electron chi connectivity index (χ4n) is 1.97. The molecular weight excluding hydrogens is 230 g/mol. The third-order valence-corrected chi connectivity index (χ3v) is 4.01. The lowest BCUT2D eigenvalue weighted by molar-refractivity contribution is 0.0644. The van der Waals surface area contributed by atoms with Crippen LogP contribution in [0.25, 0.3) is 0 Å². The minimum atomic E-state index is 0.148. The number of likely N-dealkylation sites (tertiary alicyclic amines) is 1. The second kappa shape index (κ2) is 4.99. The molecule has 0 aromatic carbocycles. The molecule has 82 valence electrons. The highest BCUT2D eigenvalue weighted by Crippen LogP contribution is 2.22. The van der Waals surface area contributed by atoms with E-state index in [1.54, 1.807) is 0 Å². The summed E-state index contributed by atoms with van der Waals surface area (Å²) in [7, 11) is 0. The normalized spacial score (nSPS) is 21.7. The summed E-state index contributed by atoms with van der Waals surface area (Å²) in [5, 5.41) is 1.94. The first-order chi connectivity index (χ1) is 7.33.